The fourth-order valence-corrected chi connectivity index (χ4v) is 2.65. The molecule has 130 valence electrons. The number of carboxylic acid groups (broad SMARTS) is 1. The maximum atomic E-state index is 11.0. The van der Waals surface area contributed by atoms with E-state index in [1.54, 1.807) is 6.92 Å². The Hall–Kier alpha value is -2.27. The summed E-state index contributed by atoms with van der Waals surface area (Å²) in [5, 5.41) is 11.0. The Balaban J connectivity index is 1.86. The molecule has 1 heterocycles. The first-order valence-corrected chi connectivity index (χ1v) is 8.18. The zero-order valence-corrected chi connectivity index (χ0v) is 14.5. The van der Waals surface area contributed by atoms with Crippen LogP contribution >= 0.6 is 0 Å². The highest BCUT2D eigenvalue weighted by atomic mass is 16.5. The minimum Gasteiger partial charge on any atom is -0.547 e. The van der Waals surface area contributed by atoms with Crippen LogP contribution in [0.1, 0.15) is 23.9 Å². The van der Waals surface area contributed by atoms with Crippen LogP contribution in [0.2, 0.25) is 0 Å². The van der Waals surface area contributed by atoms with Crippen LogP contribution in [-0.4, -0.2) is 29.9 Å². The fraction of sp³-hybridized carbons (Fsp3) is 0.421. The minimum atomic E-state index is -1.19. The number of hydrogen-bond acceptors (Lipinski definition) is 4. The lowest BCUT2D eigenvalue weighted by Crippen LogP contribution is -2.39. The van der Waals surface area contributed by atoms with Crippen LogP contribution in [0, 0.1) is 13.8 Å². The first-order valence-electron chi connectivity index (χ1n) is 8.18. The second-order valence-electron chi connectivity index (χ2n) is 5.73. The van der Waals surface area contributed by atoms with Gasteiger partial charge in [-0.25, -0.2) is 0 Å². The van der Waals surface area contributed by atoms with Crippen molar-refractivity contribution in [3.05, 3.63) is 53.3 Å². The summed E-state index contributed by atoms with van der Waals surface area (Å²) in [6.07, 6.45) is -0.625. The number of aliphatic carboxylic acids is 1. The van der Waals surface area contributed by atoms with E-state index in [1.807, 2.05) is 24.3 Å². The van der Waals surface area contributed by atoms with Crippen molar-refractivity contribution in [1.82, 2.24) is 4.57 Å². The molecule has 24 heavy (non-hydrogen) atoms. The predicted octanol–water partition coefficient (Wildman–Crippen LogP) is 1.88. The van der Waals surface area contributed by atoms with Gasteiger partial charge in [-0.1, -0.05) is 12.1 Å². The lowest BCUT2D eigenvalue weighted by molar-refractivity contribution is -0.316. The van der Waals surface area contributed by atoms with Crippen LogP contribution < -0.4 is 9.84 Å². The summed E-state index contributed by atoms with van der Waals surface area (Å²) in [5.41, 5.74) is 3.31. The van der Waals surface area contributed by atoms with Crippen molar-refractivity contribution in [2.45, 2.75) is 39.8 Å². The maximum absolute atomic E-state index is 11.0. The number of carbonyl (C=O) groups is 1. The maximum Gasteiger partial charge on any atom is 0.119 e. The van der Waals surface area contributed by atoms with Crippen LogP contribution in [0.15, 0.2) is 36.4 Å². The molecule has 2 aromatic rings. The van der Waals surface area contributed by atoms with Crippen molar-refractivity contribution in [2.75, 3.05) is 13.2 Å². The Morgan fingerprint density at radius 2 is 1.75 bits per heavy atom. The number of aromatic nitrogens is 1. The molecule has 1 aromatic heterocycles. The van der Waals surface area contributed by atoms with E-state index >= 15 is 0 Å². The Kier molecular flexibility index (Phi) is 6.44. The third kappa shape index (κ3) is 4.86. The Labute approximate surface area is 142 Å². The fourth-order valence-electron chi connectivity index (χ4n) is 2.65. The van der Waals surface area contributed by atoms with Gasteiger partial charge in [-0.2, -0.15) is 0 Å². The molecule has 0 aliphatic heterocycles. The molecule has 1 unspecified atom stereocenters. The molecule has 1 atom stereocenters. The molecule has 0 saturated heterocycles. The van der Waals surface area contributed by atoms with E-state index in [-0.39, 0.29) is 6.42 Å². The Bertz CT molecular complexity index is 641. The van der Waals surface area contributed by atoms with Gasteiger partial charge < -0.3 is 23.9 Å². The summed E-state index contributed by atoms with van der Waals surface area (Å²) < 4.78 is 13.1. The molecule has 0 spiro atoms. The van der Waals surface area contributed by atoms with Crippen molar-refractivity contribution in [2.24, 2.45) is 0 Å². The molecule has 5 nitrogen and oxygen atoms in total. The van der Waals surface area contributed by atoms with Gasteiger partial charge in [-0.15, -0.1) is 0 Å². The molecule has 2 rings (SSSR count). The van der Waals surface area contributed by atoms with Crippen molar-refractivity contribution in [1.29, 1.82) is 0 Å². The van der Waals surface area contributed by atoms with E-state index in [1.165, 1.54) is 11.4 Å². The first kappa shape index (κ1) is 18.1. The molecule has 0 radical (unpaired) electrons. The molecule has 1 aromatic carbocycles. The molecular weight excluding hydrogens is 306 g/mol. The van der Waals surface area contributed by atoms with Gasteiger partial charge >= 0.3 is 0 Å². The van der Waals surface area contributed by atoms with Gasteiger partial charge in [0.25, 0.3) is 0 Å². The van der Waals surface area contributed by atoms with Gasteiger partial charge in [0.15, 0.2) is 0 Å². The number of aryl methyl sites for hydroxylation is 2. The molecule has 0 amide bonds. The first-order chi connectivity index (χ1) is 11.5. The van der Waals surface area contributed by atoms with E-state index in [4.69, 9.17) is 9.47 Å². The predicted molar refractivity (Wildman–Crippen MR) is 90.0 cm³/mol. The topological polar surface area (TPSA) is 63.5 Å². The van der Waals surface area contributed by atoms with E-state index < -0.39 is 12.1 Å². The number of ether oxygens (including phenoxy) is 2. The van der Waals surface area contributed by atoms with Crippen LogP contribution in [0.3, 0.4) is 0 Å². The molecule has 0 saturated carbocycles. The number of carbonyl (C=O) groups excluding carboxylic acids is 1. The third-order valence-corrected chi connectivity index (χ3v) is 3.98. The lowest BCUT2D eigenvalue weighted by atomic mass is 10.1. The van der Waals surface area contributed by atoms with Gasteiger partial charge in [-0.3, -0.25) is 0 Å². The quantitative estimate of drug-likeness (QED) is 0.704. The highest BCUT2D eigenvalue weighted by Gasteiger charge is 2.10. The van der Waals surface area contributed by atoms with Crippen LogP contribution in [0.5, 0.6) is 5.75 Å². The standard InChI is InChI=1S/C19H25NO4/c1-4-23-18(19(21)22)13-16-7-9-17(10-8-16)24-12-11-20-14(2)5-6-15(20)3/h5-10,18H,4,11-13H2,1-3H3,(H,21,22)/p-1. The number of carboxylic acids is 1. The summed E-state index contributed by atoms with van der Waals surface area (Å²) >= 11 is 0. The average molecular weight is 330 g/mol. The third-order valence-electron chi connectivity index (χ3n) is 3.98. The van der Waals surface area contributed by atoms with Gasteiger partial charge in [0, 0.05) is 24.4 Å². The highest BCUT2D eigenvalue weighted by molar-refractivity contribution is 5.70. The Morgan fingerprint density at radius 1 is 1.12 bits per heavy atom. The average Bonchev–Trinajstić information content (AvgIpc) is 2.87. The van der Waals surface area contributed by atoms with Gasteiger partial charge in [0.05, 0.1) is 12.5 Å². The minimum absolute atomic E-state index is 0.290. The van der Waals surface area contributed by atoms with Gasteiger partial charge in [0.1, 0.15) is 18.5 Å². The van der Waals surface area contributed by atoms with E-state index in [0.717, 1.165) is 17.9 Å². The molecule has 0 aliphatic rings. The number of nitrogens with zero attached hydrogens (tertiary/aromatic N) is 1. The van der Waals surface area contributed by atoms with Crippen LogP contribution in [-0.2, 0) is 22.5 Å². The van der Waals surface area contributed by atoms with Crippen molar-refractivity contribution < 1.29 is 19.4 Å². The zero-order chi connectivity index (χ0) is 17.5. The lowest BCUT2D eigenvalue weighted by Gasteiger charge is -2.18. The monoisotopic (exact) mass is 330 g/mol. The number of benzene rings is 1. The second-order valence-corrected chi connectivity index (χ2v) is 5.73. The molecule has 0 fully saturated rings. The molecule has 0 bridgehead atoms. The molecule has 0 aliphatic carbocycles. The summed E-state index contributed by atoms with van der Waals surface area (Å²) in [6, 6.07) is 11.6. The number of rotatable bonds is 9. The summed E-state index contributed by atoms with van der Waals surface area (Å²) in [4.78, 5) is 11.0. The summed E-state index contributed by atoms with van der Waals surface area (Å²) in [5.74, 6) is -0.419. The Morgan fingerprint density at radius 3 is 2.29 bits per heavy atom. The normalized spacial score (nSPS) is 12.1. The summed E-state index contributed by atoms with van der Waals surface area (Å²) in [7, 11) is 0. The van der Waals surface area contributed by atoms with Gasteiger partial charge in [0.2, 0.25) is 0 Å². The molecule has 5 heteroatoms. The van der Waals surface area contributed by atoms with Gasteiger partial charge in [-0.05, 0) is 50.6 Å². The van der Waals surface area contributed by atoms with E-state index in [9.17, 15) is 9.90 Å². The largest absolute Gasteiger partial charge is 0.547 e. The number of hydrogen-bond donors (Lipinski definition) is 0. The smallest absolute Gasteiger partial charge is 0.119 e. The SMILES string of the molecule is CCOC(Cc1ccc(OCCn2c(C)ccc2C)cc1)C(=O)[O-]. The van der Waals surface area contributed by atoms with Crippen molar-refractivity contribution in [3.63, 3.8) is 0 Å². The van der Waals surface area contributed by atoms with E-state index in [2.05, 4.69) is 30.5 Å². The molecule has 0 N–H and O–H groups in total. The zero-order valence-electron chi connectivity index (χ0n) is 14.5. The van der Waals surface area contributed by atoms with Crippen molar-refractivity contribution in [3.8, 4) is 5.75 Å². The van der Waals surface area contributed by atoms with E-state index in [0.29, 0.717) is 13.2 Å². The molecular formula is C19H24NO4-. The van der Waals surface area contributed by atoms with Crippen LogP contribution in [0.4, 0.5) is 0 Å². The summed E-state index contributed by atoms with van der Waals surface area (Å²) in [6.45, 7) is 7.64. The second kappa shape index (κ2) is 8.55. The van der Waals surface area contributed by atoms with Crippen molar-refractivity contribution >= 4 is 5.97 Å². The van der Waals surface area contributed by atoms with Crippen LogP contribution in [0.25, 0.3) is 0 Å². The highest BCUT2D eigenvalue weighted by Crippen LogP contribution is 2.15.